The lowest BCUT2D eigenvalue weighted by Gasteiger charge is -2.09. The molecule has 0 aromatic heterocycles. The molecule has 1 aromatic carbocycles. The van der Waals surface area contributed by atoms with E-state index in [0.29, 0.717) is 12.5 Å². The molecule has 0 bridgehead atoms. The Labute approximate surface area is 99.0 Å². The Morgan fingerprint density at radius 2 is 1.94 bits per heavy atom. The van der Waals surface area contributed by atoms with Gasteiger partial charge in [-0.1, -0.05) is 13.8 Å². The molecular weight excluding hydrogens is 226 g/mol. The van der Waals surface area contributed by atoms with Crippen molar-refractivity contribution < 1.29 is 13.6 Å². The van der Waals surface area contributed by atoms with Crippen molar-refractivity contribution in [2.75, 3.05) is 12.3 Å². The largest absolute Gasteiger partial charge is 0.398 e. The maximum atomic E-state index is 13.0. The molecule has 0 saturated carbocycles. The Hall–Kier alpha value is -1.65. The number of nitrogens with one attached hydrogen (secondary N) is 1. The number of amides is 1. The summed E-state index contributed by atoms with van der Waals surface area (Å²) in [5, 5.41) is 2.61. The molecule has 0 aliphatic heterocycles. The number of halogens is 2. The van der Waals surface area contributed by atoms with Gasteiger partial charge in [-0.3, -0.25) is 4.79 Å². The number of nitrogens with two attached hydrogens (primary N) is 1. The Morgan fingerprint density at radius 3 is 2.53 bits per heavy atom. The third-order valence-electron chi connectivity index (χ3n) is 2.34. The molecule has 0 fully saturated rings. The van der Waals surface area contributed by atoms with Crippen molar-refractivity contribution in [1.29, 1.82) is 0 Å². The van der Waals surface area contributed by atoms with Crippen LogP contribution in [0.15, 0.2) is 12.1 Å². The summed E-state index contributed by atoms with van der Waals surface area (Å²) >= 11 is 0. The van der Waals surface area contributed by atoms with Gasteiger partial charge in [-0.05, 0) is 18.4 Å². The Morgan fingerprint density at radius 1 is 1.35 bits per heavy atom. The van der Waals surface area contributed by atoms with Gasteiger partial charge < -0.3 is 11.1 Å². The van der Waals surface area contributed by atoms with Gasteiger partial charge in [0.1, 0.15) is 0 Å². The van der Waals surface area contributed by atoms with Gasteiger partial charge in [0.25, 0.3) is 5.91 Å². The molecule has 1 aromatic rings. The summed E-state index contributed by atoms with van der Waals surface area (Å²) in [5.74, 6) is -2.16. The van der Waals surface area contributed by atoms with E-state index in [0.717, 1.165) is 18.6 Å². The minimum absolute atomic E-state index is 0.0346. The molecule has 0 unspecified atom stereocenters. The van der Waals surface area contributed by atoms with E-state index in [2.05, 4.69) is 5.32 Å². The molecule has 17 heavy (non-hydrogen) atoms. The van der Waals surface area contributed by atoms with Crippen LogP contribution in [0.1, 0.15) is 30.6 Å². The topological polar surface area (TPSA) is 55.1 Å². The van der Waals surface area contributed by atoms with Crippen LogP contribution in [0.5, 0.6) is 0 Å². The molecule has 0 heterocycles. The first kappa shape index (κ1) is 13.4. The Kier molecular flexibility index (Phi) is 4.43. The fraction of sp³-hybridized carbons (Fsp3) is 0.417. The average molecular weight is 242 g/mol. The summed E-state index contributed by atoms with van der Waals surface area (Å²) in [5.41, 5.74) is 5.36. The Balaban J connectivity index is 2.72. The molecule has 0 spiro atoms. The minimum atomic E-state index is -1.08. The summed E-state index contributed by atoms with van der Waals surface area (Å²) in [6.07, 6.45) is 0.815. The molecule has 3 nitrogen and oxygen atoms in total. The molecule has 3 N–H and O–H groups in total. The SMILES string of the molecule is CC(C)CCNC(=O)c1cc(F)c(F)cc1N. The molecule has 5 heteroatoms. The Bertz CT molecular complexity index is 419. The van der Waals surface area contributed by atoms with Crippen molar-refractivity contribution in [1.82, 2.24) is 5.32 Å². The minimum Gasteiger partial charge on any atom is -0.398 e. The summed E-state index contributed by atoms with van der Waals surface area (Å²) in [6.45, 7) is 4.53. The van der Waals surface area contributed by atoms with Gasteiger partial charge in [0.2, 0.25) is 0 Å². The number of hydrogen-bond acceptors (Lipinski definition) is 2. The lowest BCUT2D eigenvalue weighted by Crippen LogP contribution is -2.26. The van der Waals surface area contributed by atoms with Gasteiger partial charge in [-0.25, -0.2) is 8.78 Å². The third-order valence-corrected chi connectivity index (χ3v) is 2.34. The molecule has 0 atom stereocenters. The van der Waals surface area contributed by atoms with Crippen molar-refractivity contribution in [3.8, 4) is 0 Å². The zero-order chi connectivity index (χ0) is 13.0. The van der Waals surface area contributed by atoms with Crippen LogP contribution < -0.4 is 11.1 Å². The highest BCUT2D eigenvalue weighted by Crippen LogP contribution is 2.16. The third kappa shape index (κ3) is 3.69. The molecular formula is C12H16F2N2O. The van der Waals surface area contributed by atoms with E-state index in [9.17, 15) is 13.6 Å². The lowest BCUT2D eigenvalue weighted by atomic mass is 10.1. The van der Waals surface area contributed by atoms with Crippen LogP contribution in [0.25, 0.3) is 0 Å². The number of anilines is 1. The fourth-order valence-corrected chi connectivity index (χ4v) is 1.33. The van der Waals surface area contributed by atoms with E-state index in [-0.39, 0.29) is 11.3 Å². The van der Waals surface area contributed by atoms with E-state index in [4.69, 9.17) is 5.73 Å². The van der Waals surface area contributed by atoms with Crippen molar-refractivity contribution in [3.63, 3.8) is 0 Å². The van der Waals surface area contributed by atoms with E-state index >= 15 is 0 Å². The van der Waals surface area contributed by atoms with Gasteiger partial charge in [-0.2, -0.15) is 0 Å². The van der Waals surface area contributed by atoms with Crippen molar-refractivity contribution in [2.24, 2.45) is 5.92 Å². The fourth-order valence-electron chi connectivity index (χ4n) is 1.33. The summed E-state index contributed by atoms with van der Waals surface area (Å²) in [7, 11) is 0. The van der Waals surface area contributed by atoms with Gasteiger partial charge in [0.05, 0.1) is 5.56 Å². The highest BCUT2D eigenvalue weighted by Gasteiger charge is 2.13. The van der Waals surface area contributed by atoms with Crippen LogP contribution in [0, 0.1) is 17.6 Å². The first-order valence-electron chi connectivity index (χ1n) is 5.44. The van der Waals surface area contributed by atoms with Gasteiger partial charge in [0.15, 0.2) is 11.6 Å². The zero-order valence-corrected chi connectivity index (χ0v) is 9.89. The average Bonchev–Trinajstić information content (AvgIpc) is 2.22. The highest BCUT2D eigenvalue weighted by molar-refractivity contribution is 5.99. The van der Waals surface area contributed by atoms with Gasteiger partial charge in [0, 0.05) is 18.3 Å². The number of rotatable bonds is 4. The number of nitrogen functional groups attached to an aromatic ring is 1. The van der Waals surface area contributed by atoms with Crippen molar-refractivity contribution >= 4 is 11.6 Å². The number of hydrogen-bond donors (Lipinski definition) is 2. The standard InChI is InChI=1S/C12H16F2N2O/c1-7(2)3-4-16-12(17)8-5-9(13)10(14)6-11(8)15/h5-7H,3-4,15H2,1-2H3,(H,16,17). The second kappa shape index (κ2) is 5.61. The van der Waals surface area contributed by atoms with E-state index in [1.54, 1.807) is 0 Å². The molecule has 0 aliphatic rings. The van der Waals surface area contributed by atoms with Crippen LogP contribution in [-0.4, -0.2) is 12.5 Å². The maximum Gasteiger partial charge on any atom is 0.253 e. The number of carbonyl (C=O) groups excluding carboxylic acids is 1. The normalized spacial score (nSPS) is 10.6. The monoisotopic (exact) mass is 242 g/mol. The smallest absolute Gasteiger partial charge is 0.253 e. The molecule has 1 rings (SSSR count). The van der Waals surface area contributed by atoms with Crippen molar-refractivity contribution in [2.45, 2.75) is 20.3 Å². The predicted octanol–water partition coefficient (Wildman–Crippen LogP) is 2.32. The zero-order valence-electron chi connectivity index (χ0n) is 9.89. The highest BCUT2D eigenvalue weighted by atomic mass is 19.2. The number of benzene rings is 1. The molecule has 0 saturated heterocycles. The summed E-state index contributed by atoms with van der Waals surface area (Å²) in [4.78, 5) is 11.6. The number of carbonyl (C=O) groups is 1. The molecule has 0 radical (unpaired) electrons. The van der Waals surface area contributed by atoms with Crippen LogP contribution in [0.2, 0.25) is 0 Å². The summed E-state index contributed by atoms with van der Waals surface area (Å²) in [6, 6.07) is 1.63. The quantitative estimate of drug-likeness (QED) is 0.796. The van der Waals surface area contributed by atoms with Crippen LogP contribution in [0.4, 0.5) is 14.5 Å². The second-order valence-corrected chi connectivity index (χ2v) is 4.29. The van der Waals surface area contributed by atoms with Crippen molar-refractivity contribution in [3.05, 3.63) is 29.3 Å². The van der Waals surface area contributed by atoms with Crippen LogP contribution >= 0.6 is 0 Å². The van der Waals surface area contributed by atoms with E-state index in [1.165, 1.54) is 0 Å². The summed E-state index contributed by atoms with van der Waals surface area (Å²) < 4.78 is 25.8. The van der Waals surface area contributed by atoms with Gasteiger partial charge >= 0.3 is 0 Å². The van der Waals surface area contributed by atoms with Crippen LogP contribution in [-0.2, 0) is 0 Å². The molecule has 94 valence electrons. The molecule has 1 amide bonds. The van der Waals surface area contributed by atoms with Crippen LogP contribution in [0.3, 0.4) is 0 Å². The van der Waals surface area contributed by atoms with E-state index in [1.807, 2.05) is 13.8 Å². The maximum absolute atomic E-state index is 13.0. The second-order valence-electron chi connectivity index (χ2n) is 4.29. The lowest BCUT2D eigenvalue weighted by molar-refractivity contribution is 0.0952. The van der Waals surface area contributed by atoms with Gasteiger partial charge in [-0.15, -0.1) is 0 Å². The molecule has 0 aliphatic carbocycles. The first-order valence-corrected chi connectivity index (χ1v) is 5.44. The van der Waals surface area contributed by atoms with E-state index < -0.39 is 17.5 Å². The predicted molar refractivity (Wildman–Crippen MR) is 62.6 cm³/mol. The first-order chi connectivity index (χ1) is 7.91.